The first-order valence-corrected chi connectivity index (χ1v) is 6.55. The summed E-state index contributed by atoms with van der Waals surface area (Å²) in [7, 11) is 0. The van der Waals surface area contributed by atoms with Crippen LogP contribution in [0.2, 0.25) is 0 Å². The molecule has 0 aromatic heterocycles. The Morgan fingerprint density at radius 3 is 2.37 bits per heavy atom. The van der Waals surface area contributed by atoms with Crippen molar-refractivity contribution in [3.63, 3.8) is 0 Å². The van der Waals surface area contributed by atoms with E-state index in [1.807, 2.05) is 37.3 Å². The smallest absolute Gasteiger partial charge is 0.173 e. The summed E-state index contributed by atoms with van der Waals surface area (Å²) >= 11 is 0. The van der Waals surface area contributed by atoms with Gasteiger partial charge in [-0.3, -0.25) is 0 Å². The second kappa shape index (κ2) is 4.02. The SMILES string of the molecule is Cc1ccc2c(c1)Oc1cccc(C(C)(C)C)c1O2. The van der Waals surface area contributed by atoms with Crippen molar-refractivity contribution in [3.8, 4) is 23.0 Å². The van der Waals surface area contributed by atoms with Gasteiger partial charge in [-0.05, 0) is 36.1 Å². The van der Waals surface area contributed by atoms with Crippen molar-refractivity contribution < 1.29 is 9.47 Å². The maximum Gasteiger partial charge on any atom is 0.173 e. The van der Waals surface area contributed by atoms with Crippen molar-refractivity contribution in [2.24, 2.45) is 0 Å². The molecule has 1 aliphatic rings. The van der Waals surface area contributed by atoms with Gasteiger partial charge in [-0.1, -0.05) is 39.0 Å². The van der Waals surface area contributed by atoms with Gasteiger partial charge >= 0.3 is 0 Å². The van der Waals surface area contributed by atoms with Crippen LogP contribution in [-0.2, 0) is 5.41 Å². The third-order valence-corrected chi connectivity index (χ3v) is 3.32. The highest BCUT2D eigenvalue weighted by atomic mass is 16.6. The molecule has 0 saturated carbocycles. The summed E-state index contributed by atoms with van der Waals surface area (Å²) < 4.78 is 12.0. The van der Waals surface area contributed by atoms with Crippen LogP contribution in [0.5, 0.6) is 23.0 Å². The molecule has 0 N–H and O–H groups in total. The molecule has 0 aliphatic carbocycles. The molecule has 0 atom stereocenters. The topological polar surface area (TPSA) is 18.5 Å². The van der Waals surface area contributed by atoms with Crippen molar-refractivity contribution in [1.29, 1.82) is 0 Å². The monoisotopic (exact) mass is 254 g/mol. The Hall–Kier alpha value is -1.96. The van der Waals surface area contributed by atoms with Crippen LogP contribution in [0.4, 0.5) is 0 Å². The van der Waals surface area contributed by atoms with Gasteiger partial charge in [-0.25, -0.2) is 0 Å². The highest BCUT2D eigenvalue weighted by Gasteiger charge is 2.26. The first-order valence-electron chi connectivity index (χ1n) is 6.55. The Kier molecular flexibility index (Phi) is 2.56. The molecule has 0 saturated heterocycles. The molecular formula is C17H18O2. The Balaban J connectivity index is 2.12. The third kappa shape index (κ3) is 2.07. The summed E-state index contributed by atoms with van der Waals surface area (Å²) in [4.78, 5) is 0. The van der Waals surface area contributed by atoms with Crippen LogP contribution in [0.3, 0.4) is 0 Å². The maximum absolute atomic E-state index is 6.07. The van der Waals surface area contributed by atoms with E-state index in [0.717, 1.165) is 34.1 Å². The average Bonchev–Trinajstić information content (AvgIpc) is 2.34. The van der Waals surface area contributed by atoms with E-state index in [-0.39, 0.29) is 5.41 Å². The molecule has 0 amide bonds. The van der Waals surface area contributed by atoms with Crippen LogP contribution >= 0.6 is 0 Å². The Bertz CT molecular complexity index is 636. The first kappa shape index (κ1) is 12.1. The minimum Gasteiger partial charge on any atom is -0.449 e. The molecule has 19 heavy (non-hydrogen) atoms. The number of benzene rings is 2. The van der Waals surface area contributed by atoms with Gasteiger partial charge in [0.25, 0.3) is 0 Å². The number of hydrogen-bond acceptors (Lipinski definition) is 2. The second-order valence-electron chi connectivity index (χ2n) is 6.04. The third-order valence-electron chi connectivity index (χ3n) is 3.32. The van der Waals surface area contributed by atoms with Crippen LogP contribution in [0.25, 0.3) is 0 Å². The van der Waals surface area contributed by atoms with Crippen molar-refractivity contribution in [3.05, 3.63) is 47.5 Å². The van der Waals surface area contributed by atoms with E-state index in [4.69, 9.17) is 9.47 Å². The van der Waals surface area contributed by atoms with Crippen molar-refractivity contribution in [1.82, 2.24) is 0 Å². The van der Waals surface area contributed by atoms with Gasteiger partial charge in [-0.2, -0.15) is 0 Å². The fourth-order valence-corrected chi connectivity index (χ4v) is 2.30. The molecule has 1 aliphatic heterocycles. The number of aryl methyl sites for hydroxylation is 1. The number of rotatable bonds is 0. The van der Waals surface area contributed by atoms with E-state index in [1.165, 1.54) is 0 Å². The molecule has 0 bridgehead atoms. The molecule has 98 valence electrons. The molecular weight excluding hydrogens is 236 g/mol. The minimum atomic E-state index is 0.0247. The zero-order valence-corrected chi connectivity index (χ0v) is 11.8. The maximum atomic E-state index is 6.07. The van der Waals surface area contributed by atoms with Crippen LogP contribution in [0.1, 0.15) is 31.9 Å². The number of hydrogen-bond donors (Lipinski definition) is 0. The van der Waals surface area contributed by atoms with Crippen LogP contribution in [0.15, 0.2) is 36.4 Å². The second-order valence-corrected chi connectivity index (χ2v) is 6.04. The average molecular weight is 254 g/mol. The molecule has 2 aromatic carbocycles. The lowest BCUT2D eigenvalue weighted by Gasteiger charge is -2.28. The van der Waals surface area contributed by atoms with Gasteiger partial charge in [0.05, 0.1) is 0 Å². The van der Waals surface area contributed by atoms with E-state index in [1.54, 1.807) is 0 Å². The molecule has 2 nitrogen and oxygen atoms in total. The summed E-state index contributed by atoms with van der Waals surface area (Å²) in [6, 6.07) is 12.1. The summed E-state index contributed by atoms with van der Waals surface area (Å²) in [5.41, 5.74) is 2.35. The lowest BCUT2D eigenvalue weighted by Crippen LogP contribution is -2.14. The highest BCUT2D eigenvalue weighted by molar-refractivity contribution is 5.59. The molecule has 0 unspecified atom stereocenters. The van der Waals surface area contributed by atoms with Crippen LogP contribution in [0, 0.1) is 6.92 Å². The first-order chi connectivity index (χ1) is 8.95. The van der Waals surface area contributed by atoms with E-state index >= 15 is 0 Å². The van der Waals surface area contributed by atoms with Gasteiger partial charge < -0.3 is 9.47 Å². The van der Waals surface area contributed by atoms with Crippen molar-refractivity contribution in [2.45, 2.75) is 33.1 Å². The van der Waals surface area contributed by atoms with E-state index in [9.17, 15) is 0 Å². The fraction of sp³-hybridized carbons (Fsp3) is 0.294. The van der Waals surface area contributed by atoms with Crippen molar-refractivity contribution >= 4 is 0 Å². The highest BCUT2D eigenvalue weighted by Crippen LogP contribution is 2.49. The molecule has 1 heterocycles. The van der Waals surface area contributed by atoms with E-state index in [0.29, 0.717) is 0 Å². The Labute approximate surface area is 114 Å². The largest absolute Gasteiger partial charge is 0.449 e. The molecule has 3 rings (SSSR count). The molecule has 0 radical (unpaired) electrons. The normalized spacial score (nSPS) is 13.1. The Morgan fingerprint density at radius 2 is 1.63 bits per heavy atom. The molecule has 0 fully saturated rings. The Morgan fingerprint density at radius 1 is 0.842 bits per heavy atom. The molecule has 2 aromatic rings. The van der Waals surface area contributed by atoms with Gasteiger partial charge in [0.15, 0.2) is 23.0 Å². The lowest BCUT2D eigenvalue weighted by atomic mass is 9.86. The quantitative estimate of drug-likeness (QED) is 0.549. The summed E-state index contributed by atoms with van der Waals surface area (Å²) in [5.74, 6) is 3.21. The predicted molar refractivity (Wildman–Crippen MR) is 76.5 cm³/mol. The van der Waals surface area contributed by atoms with Crippen LogP contribution < -0.4 is 9.47 Å². The number of ether oxygens (including phenoxy) is 2. The van der Waals surface area contributed by atoms with E-state index < -0.39 is 0 Å². The number of para-hydroxylation sites is 1. The minimum absolute atomic E-state index is 0.0247. The zero-order valence-electron chi connectivity index (χ0n) is 11.8. The summed E-state index contributed by atoms with van der Waals surface area (Å²) in [6.07, 6.45) is 0. The summed E-state index contributed by atoms with van der Waals surface area (Å²) in [6.45, 7) is 8.58. The van der Waals surface area contributed by atoms with E-state index in [2.05, 4.69) is 26.8 Å². The van der Waals surface area contributed by atoms with Crippen molar-refractivity contribution in [2.75, 3.05) is 0 Å². The van der Waals surface area contributed by atoms with Crippen LogP contribution in [-0.4, -0.2) is 0 Å². The van der Waals surface area contributed by atoms with Gasteiger partial charge in [-0.15, -0.1) is 0 Å². The number of fused-ring (bicyclic) bond motifs is 2. The van der Waals surface area contributed by atoms with Gasteiger partial charge in [0, 0.05) is 5.56 Å². The fourth-order valence-electron chi connectivity index (χ4n) is 2.30. The zero-order chi connectivity index (χ0) is 13.6. The lowest BCUT2D eigenvalue weighted by molar-refractivity contribution is 0.349. The molecule has 2 heteroatoms. The summed E-state index contributed by atoms with van der Waals surface area (Å²) in [5, 5.41) is 0. The predicted octanol–water partition coefficient (Wildman–Crippen LogP) is 5.19. The van der Waals surface area contributed by atoms with Gasteiger partial charge in [0.1, 0.15) is 0 Å². The molecule has 0 spiro atoms. The van der Waals surface area contributed by atoms with Gasteiger partial charge in [0.2, 0.25) is 0 Å². The standard InChI is InChI=1S/C17H18O2/c1-11-8-9-13-15(10-11)18-14-7-5-6-12(16(14)19-13)17(2,3)4/h5-10H,1-4H3.